The molecule has 0 bridgehead atoms. The summed E-state index contributed by atoms with van der Waals surface area (Å²) >= 11 is 0. The first-order valence-corrected chi connectivity index (χ1v) is 9.54. The number of nitrogens with zero attached hydrogens (tertiary/aromatic N) is 2. The fourth-order valence-corrected chi connectivity index (χ4v) is 3.13. The number of aryl methyl sites for hydroxylation is 1. The van der Waals surface area contributed by atoms with Gasteiger partial charge >= 0.3 is 0 Å². The van der Waals surface area contributed by atoms with Crippen molar-refractivity contribution in [1.29, 1.82) is 0 Å². The van der Waals surface area contributed by atoms with Crippen molar-refractivity contribution in [2.75, 3.05) is 26.2 Å². The Morgan fingerprint density at radius 1 is 1.12 bits per heavy atom. The van der Waals surface area contributed by atoms with Crippen molar-refractivity contribution in [2.24, 2.45) is 5.92 Å². The zero-order chi connectivity index (χ0) is 19.3. The van der Waals surface area contributed by atoms with E-state index in [2.05, 4.69) is 0 Å². The molecule has 1 fully saturated rings. The van der Waals surface area contributed by atoms with Gasteiger partial charge in [0.15, 0.2) is 0 Å². The molecule has 0 saturated carbocycles. The first kappa shape index (κ1) is 20.4. The summed E-state index contributed by atoms with van der Waals surface area (Å²) in [5, 5.41) is 9.88. The van der Waals surface area contributed by atoms with Gasteiger partial charge in [-0.3, -0.25) is 9.59 Å². The zero-order valence-corrected chi connectivity index (χ0v) is 16.5. The molecule has 0 unspecified atom stereocenters. The Kier molecular flexibility index (Phi) is 6.81. The molecule has 1 saturated heterocycles. The van der Waals surface area contributed by atoms with Crippen molar-refractivity contribution in [3.8, 4) is 0 Å². The van der Waals surface area contributed by atoms with Gasteiger partial charge in [0.2, 0.25) is 5.91 Å². The molecule has 1 aliphatic rings. The van der Waals surface area contributed by atoms with Crippen molar-refractivity contribution in [3.05, 3.63) is 35.4 Å². The predicted molar refractivity (Wildman–Crippen MR) is 103 cm³/mol. The van der Waals surface area contributed by atoms with Gasteiger partial charge in [-0.2, -0.15) is 0 Å². The minimum absolute atomic E-state index is 0.0195. The van der Waals surface area contributed by atoms with Crippen molar-refractivity contribution in [3.63, 3.8) is 0 Å². The molecule has 5 heteroatoms. The summed E-state index contributed by atoms with van der Waals surface area (Å²) in [5.41, 5.74) is 1.03. The van der Waals surface area contributed by atoms with E-state index in [0.29, 0.717) is 50.5 Å². The Bertz CT molecular complexity index is 626. The molecular weight excluding hydrogens is 328 g/mol. The van der Waals surface area contributed by atoms with Gasteiger partial charge in [-0.25, -0.2) is 0 Å². The van der Waals surface area contributed by atoms with E-state index in [1.165, 1.54) is 0 Å². The minimum atomic E-state index is -0.709. The highest BCUT2D eigenvalue weighted by Gasteiger charge is 2.25. The number of piperazine rings is 1. The normalized spacial score (nSPS) is 15.5. The van der Waals surface area contributed by atoms with E-state index in [-0.39, 0.29) is 11.8 Å². The molecule has 1 aromatic carbocycles. The monoisotopic (exact) mass is 360 g/mol. The fraction of sp³-hybridized carbons (Fsp3) is 0.619. The molecular formula is C21H32N2O3. The van der Waals surface area contributed by atoms with Gasteiger partial charge in [0.25, 0.3) is 5.91 Å². The van der Waals surface area contributed by atoms with Gasteiger partial charge in [0.1, 0.15) is 0 Å². The lowest BCUT2D eigenvalue weighted by atomic mass is 9.97. The highest BCUT2D eigenvalue weighted by atomic mass is 16.3. The first-order chi connectivity index (χ1) is 12.2. The second kappa shape index (κ2) is 8.67. The fourth-order valence-electron chi connectivity index (χ4n) is 3.13. The third-order valence-electron chi connectivity index (χ3n) is 4.70. The summed E-state index contributed by atoms with van der Waals surface area (Å²) in [7, 11) is 0. The molecule has 1 aliphatic heterocycles. The third kappa shape index (κ3) is 6.13. The lowest BCUT2D eigenvalue weighted by Crippen LogP contribution is -2.50. The maximum absolute atomic E-state index is 12.8. The van der Waals surface area contributed by atoms with E-state index in [1.54, 1.807) is 13.8 Å². The van der Waals surface area contributed by atoms with Gasteiger partial charge in [-0.05, 0) is 50.3 Å². The Morgan fingerprint density at radius 3 is 2.31 bits per heavy atom. The Morgan fingerprint density at radius 2 is 1.73 bits per heavy atom. The van der Waals surface area contributed by atoms with Crippen LogP contribution in [-0.4, -0.2) is 58.5 Å². The van der Waals surface area contributed by atoms with Gasteiger partial charge in [-0.15, -0.1) is 0 Å². The zero-order valence-electron chi connectivity index (χ0n) is 16.5. The highest BCUT2D eigenvalue weighted by molar-refractivity contribution is 5.94. The third-order valence-corrected chi connectivity index (χ3v) is 4.70. The van der Waals surface area contributed by atoms with E-state index in [4.69, 9.17) is 0 Å². The lowest BCUT2D eigenvalue weighted by Gasteiger charge is -2.35. The van der Waals surface area contributed by atoms with Crippen LogP contribution in [0.25, 0.3) is 0 Å². The Balaban J connectivity index is 1.93. The number of rotatable bonds is 6. The molecule has 0 atom stereocenters. The lowest BCUT2D eigenvalue weighted by molar-refractivity contribution is -0.133. The van der Waals surface area contributed by atoms with Crippen molar-refractivity contribution >= 4 is 11.8 Å². The topological polar surface area (TPSA) is 60.9 Å². The van der Waals surface area contributed by atoms with Gasteiger partial charge in [0, 0.05) is 38.2 Å². The standard InChI is InChI=1S/C21H32N2O3/c1-16(2)14-19(24)22-10-12-23(13-11-22)20(25)18-7-5-6-17(15-18)8-9-21(3,4)26/h5-7,15-16,26H,8-14H2,1-4H3. The summed E-state index contributed by atoms with van der Waals surface area (Å²) in [5.74, 6) is 0.556. The summed E-state index contributed by atoms with van der Waals surface area (Å²) in [6, 6.07) is 7.65. The minimum Gasteiger partial charge on any atom is -0.390 e. The maximum Gasteiger partial charge on any atom is 0.253 e. The average molecular weight is 360 g/mol. The van der Waals surface area contributed by atoms with Crippen LogP contribution in [0.3, 0.4) is 0 Å². The van der Waals surface area contributed by atoms with Crippen molar-refractivity contribution < 1.29 is 14.7 Å². The van der Waals surface area contributed by atoms with E-state index in [0.717, 1.165) is 12.0 Å². The molecule has 1 heterocycles. The van der Waals surface area contributed by atoms with Crippen LogP contribution in [0, 0.1) is 5.92 Å². The van der Waals surface area contributed by atoms with E-state index in [9.17, 15) is 14.7 Å². The number of carbonyl (C=O) groups is 2. The highest BCUT2D eigenvalue weighted by Crippen LogP contribution is 2.16. The maximum atomic E-state index is 12.8. The smallest absolute Gasteiger partial charge is 0.253 e. The van der Waals surface area contributed by atoms with Gasteiger partial charge < -0.3 is 14.9 Å². The summed E-state index contributed by atoms with van der Waals surface area (Å²) in [6.07, 6.45) is 1.96. The van der Waals surface area contributed by atoms with Crippen LogP contribution in [0.5, 0.6) is 0 Å². The molecule has 1 aromatic rings. The molecule has 2 rings (SSSR count). The molecule has 26 heavy (non-hydrogen) atoms. The van der Waals surface area contributed by atoms with Crippen LogP contribution in [0.2, 0.25) is 0 Å². The molecule has 0 spiro atoms. The number of hydrogen-bond donors (Lipinski definition) is 1. The van der Waals surface area contributed by atoms with Crippen molar-refractivity contribution in [2.45, 2.75) is 52.6 Å². The van der Waals surface area contributed by atoms with Gasteiger partial charge in [-0.1, -0.05) is 26.0 Å². The van der Waals surface area contributed by atoms with E-state index in [1.807, 2.05) is 47.9 Å². The van der Waals surface area contributed by atoms with Crippen LogP contribution in [0.1, 0.15) is 56.5 Å². The molecule has 2 amide bonds. The van der Waals surface area contributed by atoms with E-state index < -0.39 is 5.60 Å². The second-order valence-electron chi connectivity index (χ2n) is 8.28. The quantitative estimate of drug-likeness (QED) is 0.848. The number of amides is 2. The Labute approximate surface area is 157 Å². The molecule has 1 N–H and O–H groups in total. The van der Waals surface area contributed by atoms with Crippen LogP contribution in [0.4, 0.5) is 0 Å². The number of aliphatic hydroxyl groups is 1. The summed E-state index contributed by atoms with van der Waals surface area (Å²) in [4.78, 5) is 28.6. The number of carbonyl (C=O) groups excluding carboxylic acids is 2. The van der Waals surface area contributed by atoms with Crippen molar-refractivity contribution in [1.82, 2.24) is 9.80 Å². The summed E-state index contributed by atoms with van der Waals surface area (Å²) in [6.45, 7) is 10.0. The molecule has 0 aliphatic carbocycles. The predicted octanol–water partition coefficient (Wildman–Crippen LogP) is 2.72. The van der Waals surface area contributed by atoms with Gasteiger partial charge in [0.05, 0.1) is 5.60 Å². The average Bonchev–Trinajstić information content (AvgIpc) is 2.58. The molecule has 0 radical (unpaired) electrons. The Hall–Kier alpha value is -1.88. The number of benzene rings is 1. The largest absolute Gasteiger partial charge is 0.390 e. The SMILES string of the molecule is CC(C)CC(=O)N1CCN(C(=O)c2cccc(CCC(C)(C)O)c2)CC1. The van der Waals surface area contributed by atoms with E-state index >= 15 is 0 Å². The summed E-state index contributed by atoms with van der Waals surface area (Å²) < 4.78 is 0. The molecule has 0 aromatic heterocycles. The molecule has 5 nitrogen and oxygen atoms in total. The second-order valence-corrected chi connectivity index (χ2v) is 8.28. The van der Waals surface area contributed by atoms with Crippen LogP contribution in [0.15, 0.2) is 24.3 Å². The number of hydrogen-bond acceptors (Lipinski definition) is 3. The first-order valence-electron chi connectivity index (χ1n) is 9.54. The van der Waals surface area contributed by atoms with Crippen LogP contribution < -0.4 is 0 Å². The van der Waals surface area contributed by atoms with Crippen LogP contribution >= 0.6 is 0 Å². The van der Waals surface area contributed by atoms with Crippen LogP contribution in [-0.2, 0) is 11.2 Å². The molecule has 144 valence electrons.